The van der Waals surface area contributed by atoms with E-state index in [0.29, 0.717) is 11.7 Å². The highest BCUT2D eigenvalue weighted by molar-refractivity contribution is 9.10. The second-order valence-electron chi connectivity index (χ2n) is 5.08. The van der Waals surface area contributed by atoms with Gasteiger partial charge in [-0.3, -0.25) is 0 Å². The summed E-state index contributed by atoms with van der Waals surface area (Å²) >= 11 is 3.57. The number of nitrogen functional groups attached to an aromatic ring is 1. The molecule has 1 unspecified atom stereocenters. The molecule has 1 heterocycles. The van der Waals surface area contributed by atoms with Gasteiger partial charge in [-0.1, -0.05) is 54.0 Å². The number of aldehydes is 1. The summed E-state index contributed by atoms with van der Waals surface area (Å²) in [5, 5.41) is 0. The van der Waals surface area contributed by atoms with Crippen molar-refractivity contribution in [2.45, 2.75) is 24.1 Å². The van der Waals surface area contributed by atoms with Crippen LogP contribution >= 0.6 is 15.9 Å². The van der Waals surface area contributed by atoms with Crippen molar-refractivity contribution in [3.05, 3.63) is 59.3 Å². The molecule has 0 fully saturated rings. The molecule has 2 N–H and O–H groups in total. The van der Waals surface area contributed by atoms with E-state index in [-0.39, 0.29) is 0 Å². The summed E-state index contributed by atoms with van der Waals surface area (Å²) < 4.78 is -0.894. The molecule has 0 spiro atoms. The van der Waals surface area contributed by atoms with Gasteiger partial charge in [0.15, 0.2) is 0 Å². The van der Waals surface area contributed by atoms with Crippen molar-refractivity contribution in [1.82, 2.24) is 4.98 Å². The Morgan fingerprint density at radius 3 is 2.55 bits per heavy atom. The third-order valence-electron chi connectivity index (χ3n) is 3.34. The Bertz CT molecular complexity index is 627. The van der Waals surface area contributed by atoms with Gasteiger partial charge in [0.05, 0.1) is 0 Å². The fourth-order valence-electron chi connectivity index (χ4n) is 2.10. The van der Waals surface area contributed by atoms with Gasteiger partial charge >= 0.3 is 0 Å². The molecular weight excluding hydrogens is 316 g/mol. The summed E-state index contributed by atoms with van der Waals surface area (Å²) in [5.41, 5.74) is 8.58. The van der Waals surface area contributed by atoms with Gasteiger partial charge < -0.3 is 10.5 Å². The highest BCUT2D eigenvalue weighted by Gasteiger charge is 2.31. The van der Waals surface area contributed by atoms with Gasteiger partial charge in [0, 0.05) is 6.20 Å². The van der Waals surface area contributed by atoms with E-state index in [1.165, 1.54) is 5.56 Å². The fourth-order valence-corrected chi connectivity index (χ4v) is 2.59. The molecule has 2 rings (SSSR count). The van der Waals surface area contributed by atoms with E-state index in [1.807, 2.05) is 18.2 Å². The van der Waals surface area contributed by atoms with Crippen LogP contribution in [0, 0.1) is 0 Å². The molecule has 0 saturated heterocycles. The first-order chi connectivity index (χ1) is 9.47. The van der Waals surface area contributed by atoms with Crippen LogP contribution in [0.3, 0.4) is 0 Å². The molecule has 1 aromatic carbocycles. The van der Waals surface area contributed by atoms with Gasteiger partial charge in [-0.05, 0) is 34.7 Å². The van der Waals surface area contributed by atoms with Crippen LogP contribution in [0.5, 0.6) is 0 Å². The molecule has 4 heteroatoms. The lowest BCUT2D eigenvalue weighted by atomic mass is 9.90. The number of hydrogen-bond acceptors (Lipinski definition) is 3. The minimum atomic E-state index is -0.894. The summed E-state index contributed by atoms with van der Waals surface area (Å²) in [7, 11) is 0. The van der Waals surface area contributed by atoms with Gasteiger partial charge in [-0.15, -0.1) is 0 Å². The van der Waals surface area contributed by atoms with Gasteiger partial charge in [-0.2, -0.15) is 0 Å². The maximum absolute atomic E-state index is 11.7. The van der Waals surface area contributed by atoms with E-state index in [1.54, 1.807) is 18.3 Å². The third kappa shape index (κ3) is 2.75. The van der Waals surface area contributed by atoms with Crippen LogP contribution < -0.4 is 5.73 Å². The quantitative estimate of drug-likeness (QED) is 0.687. The van der Waals surface area contributed by atoms with Crippen molar-refractivity contribution < 1.29 is 4.79 Å². The summed E-state index contributed by atoms with van der Waals surface area (Å²) in [6, 6.07) is 11.5. The number of halogens is 1. The van der Waals surface area contributed by atoms with E-state index in [0.717, 1.165) is 17.4 Å². The van der Waals surface area contributed by atoms with E-state index in [4.69, 9.17) is 5.73 Å². The Morgan fingerprint density at radius 2 is 1.95 bits per heavy atom. The number of pyridine rings is 1. The molecule has 0 aliphatic rings. The maximum Gasteiger partial charge on any atom is 0.145 e. The van der Waals surface area contributed by atoms with Crippen molar-refractivity contribution in [2.24, 2.45) is 0 Å². The lowest BCUT2D eigenvalue weighted by Crippen LogP contribution is -2.22. The summed E-state index contributed by atoms with van der Waals surface area (Å²) in [5.74, 6) is 0.800. The number of hydrogen-bond donors (Lipinski definition) is 1. The zero-order valence-electron chi connectivity index (χ0n) is 11.5. The van der Waals surface area contributed by atoms with E-state index in [9.17, 15) is 4.79 Å². The monoisotopic (exact) mass is 332 g/mol. The molecule has 20 heavy (non-hydrogen) atoms. The molecule has 0 aliphatic heterocycles. The van der Waals surface area contributed by atoms with E-state index >= 15 is 0 Å². The van der Waals surface area contributed by atoms with E-state index < -0.39 is 4.32 Å². The van der Waals surface area contributed by atoms with Gasteiger partial charge in [0.25, 0.3) is 0 Å². The number of carbonyl (C=O) groups excluding carboxylic acids is 1. The molecule has 0 amide bonds. The number of alkyl halides is 1. The van der Waals surface area contributed by atoms with Crippen LogP contribution in [-0.4, -0.2) is 11.3 Å². The normalized spacial score (nSPS) is 14.0. The Kier molecular flexibility index (Phi) is 4.23. The molecule has 0 bridgehead atoms. The highest BCUT2D eigenvalue weighted by atomic mass is 79.9. The Labute approximate surface area is 127 Å². The van der Waals surface area contributed by atoms with Gasteiger partial charge in [0.2, 0.25) is 0 Å². The molecular formula is C16H17BrN2O. The second-order valence-corrected chi connectivity index (χ2v) is 6.33. The predicted octanol–water partition coefficient (Wildman–Crippen LogP) is 3.62. The first-order valence-corrected chi connectivity index (χ1v) is 7.24. The zero-order chi connectivity index (χ0) is 14.8. The topological polar surface area (TPSA) is 56.0 Å². The number of aromatic nitrogens is 1. The summed E-state index contributed by atoms with van der Waals surface area (Å²) in [6.07, 6.45) is 2.50. The summed E-state index contributed by atoms with van der Waals surface area (Å²) in [6.45, 7) is 4.25. The van der Waals surface area contributed by atoms with Gasteiger partial charge in [-0.25, -0.2) is 4.98 Å². The van der Waals surface area contributed by atoms with Crippen molar-refractivity contribution in [1.29, 1.82) is 0 Å². The van der Waals surface area contributed by atoms with Crippen LogP contribution in [0.25, 0.3) is 0 Å². The molecule has 0 radical (unpaired) electrons. The SMILES string of the molecule is CC(C)c1cccc(C(Br)(C=O)c2ccnc(N)c2)c1. The van der Waals surface area contributed by atoms with Crippen LogP contribution in [0.2, 0.25) is 0 Å². The predicted molar refractivity (Wildman–Crippen MR) is 85.0 cm³/mol. The second kappa shape index (κ2) is 5.75. The lowest BCUT2D eigenvalue weighted by molar-refractivity contribution is -0.109. The smallest absolute Gasteiger partial charge is 0.145 e. The van der Waals surface area contributed by atoms with Crippen molar-refractivity contribution in [3.8, 4) is 0 Å². The average Bonchev–Trinajstić information content (AvgIpc) is 2.46. The van der Waals surface area contributed by atoms with Crippen LogP contribution in [0.15, 0.2) is 42.6 Å². The summed E-state index contributed by atoms with van der Waals surface area (Å²) in [4.78, 5) is 15.7. The number of nitrogens with zero attached hydrogens (tertiary/aromatic N) is 1. The minimum Gasteiger partial charge on any atom is -0.384 e. The van der Waals surface area contributed by atoms with Crippen LogP contribution in [-0.2, 0) is 9.12 Å². The third-order valence-corrected chi connectivity index (χ3v) is 4.44. The number of anilines is 1. The fraction of sp³-hybridized carbons (Fsp3) is 0.250. The number of nitrogens with two attached hydrogens (primary N) is 1. The zero-order valence-corrected chi connectivity index (χ0v) is 13.1. The molecule has 104 valence electrons. The van der Waals surface area contributed by atoms with Crippen molar-refractivity contribution >= 4 is 28.0 Å². The first-order valence-electron chi connectivity index (χ1n) is 6.45. The Balaban J connectivity index is 2.56. The maximum atomic E-state index is 11.7. The van der Waals surface area contributed by atoms with Crippen molar-refractivity contribution in [2.75, 3.05) is 5.73 Å². The molecule has 3 nitrogen and oxygen atoms in total. The molecule has 0 aliphatic carbocycles. The highest BCUT2D eigenvalue weighted by Crippen LogP contribution is 2.38. The Morgan fingerprint density at radius 1 is 1.25 bits per heavy atom. The van der Waals surface area contributed by atoms with E-state index in [2.05, 4.69) is 40.8 Å². The standard InChI is InChI=1S/C16H17BrN2O/c1-11(2)12-4-3-5-13(8-12)16(17,10-20)14-6-7-19-15(18)9-14/h3-11H,1-2H3,(H2,18,19). The largest absolute Gasteiger partial charge is 0.384 e. The average molecular weight is 333 g/mol. The molecule has 0 saturated carbocycles. The lowest BCUT2D eigenvalue weighted by Gasteiger charge is -2.23. The van der Waals surface area contributed by atoms with Gasteiger partial charge in [0.1, 0.15) is 16.4 Å². The number of carbonyl (C=O) groups is 1. The number of benzene rings is 1. The Hall–Kier alpha value is -1.68. The molecule has 1 atom stereocenters. The molecule has 2 aromatic rings. The first kappa shape index (κ1) is 14.7. The van der Waals surface area contributed by atoms with Crippen LogP contribution in [0.1, 0.15) is 36.5 Å². The molecule has 1 aromatic heterocycles. The number of rotatable bonds is 4. The van der Waals surface area contributed by atoms with Crippen molar-refractivity contribution in [3.63, 3.8) is 0 Å². The minimum absolute atomic E-state index is 0.396. The van der Waals surface area contributed by atoms with Crippen LogP contribution in [0.4, 0.5) is 5.82 Å².